The van der Waals surface area contributed by atoms with Crippen LogP contribution < -0.4 is 0 Å². The van der Waals surface area contributed by atoms with E-state index in [-0.39, 0.29) is 11.9 Å². The number of hydrogen-bond acceptors (Lipinski definition) is 3. The number of carbonyl (C=O) groups excluding carboxylic acids is 1. The van der Waals surface area contributed by atoms with E-state index in [2.05, 4.69) is 12.1 Å². The number of hydrogen-bond donors (Lipinski definition) is 0. The molecule has 22 heavy (non-hydrogen) atoms. The van der Waals surface area contributed by atoms with E-state index in [0.29, 0.717) is 13.0 Å². The molecule has 0 aromatic heterocycles. The van der Waals surface area contributed by atoms with Crippen LogP contribution in [0.1, 0.15) is 24.0 Å². The van der Waals surface area contributed by atoms with Crippen LogP contribution in [0.15, 0.2) is 24.3 Å². The second kappa shape index (κ2) is 5.66. The van der Waals surface area contributed by atoms with Crippen LogP contribution in [0.5, 0.6) is 0 Å². The van der Waals surface area contributed by atoms with Gasteiger partial charge in [-0.1, -0.05) is 24.3 Å². The molecule has 0 saturated carbocycles. The first-order valence-electron chi connectivity index (χ1n) is 7.68. The van der Waals surface area contributed by atoms with Crippen molar-refractivity contribution >= 4 is 15.9 Å². The molecule has 120 valence electrons. The number of amides is 1. The first-order valence-corrected chi connectivity index (χ1v) is 9.53. The normalized spacial score (nSPS) is 22.7. The van der Waals surface area contributed by atoms with E-state index in [1.807, 2.05) is 12.1 Å². The van der Waals surface area contributed by atoms with Crippen LogP contribution in [0.2, 0.25) is 0 Å². The largest absolute Gasteiger partial charge is 0.341 e. The van der Waals surface area contributed by atoms with Gasteiger partial charge < -0.3 is 4.90 Å². The predicted octanol–water partition coefficient (Wildman–Crippen LogP) is 1.04. The van der Waals surface area contributed by atoms with E-state index in [4.69, 9.17) is 0 Å². The third-order valence-corrected chi connectivity index (χ3v) is 6.13. The van der Waals surface area contributed by atoms with Gasteiger partial charge in [-0.2, -0.15) is 4.31 Å². The summed E-state index contributed by atoms with van der Waals surface area (Å²) in [6.07, 6.45) is 4.26. The van der Waals surface area contributed by atoms with Crippen molar-refractivity contribution in [2.75, 3.05) is 19.8 Å². The zero-order valence-electron chi connectivity index (χ0n) is 13.0. The molecule has 2 aliphatic rings. The summed E-state index contributed by atoms with van der Waals surface area (Å²) >= 11 is 0. The van der Waals surface area contributed by atoms with Crippen molar-refractivity contribution in [1.82, 2.24) is 9.21 Å². The minimum absolute atomic E-state index is 0.0688. The number of rotatable bonds is 3. The molecular formula is C16H22N2O3S. The molecule has 1 amide bonds. The van der Waals surface area contributed by atoms with Crippen LogP contribution in [0.3, 0.4) is 0 Å². The molecule has 0 radical (unpaired) electrons. The second-order valence-corrected chi connectivity index (χ2v) is 8.25. The summed E-state index contributed by atoms with van der Waals surface area (Å²) in [7, 11) is -1.52. The number of likely N-dealkylation sites (N-methyl/N-ethyl adjacent to an activating group) is 1. The van der Waals surface area contributed by atoms with Gasteiger partial charge in [-0.25, -0.2) is 8.42 Å². The van der Waals surface area contributed by atoms with Crippen molar-refractivity contribution in [2.24, 2.45) is 0 Å². The van der Waals surface area contributed by atoms with E-state index in [0.717, 1.165) is 19.3 Å². The summed E-state index contributed by atoms with van der Waals surface area (Å²) in [5, 5.41) is 0. The molecule has 0 N–H and O–H groups in total. The Morgan fingerprint density at radius 2 is 1.82 bits per heavy atom. The van der Waals surface area contributed by atoms with Crippen molar-refractivity contribution in [3.63, 3.8) is 0 Å². The molecular weight excluding hydrogens is 300 g/mol. The molecule has 1 atom stereocenters. The Kier molecular flexibility index (Phi) is 3.99. The van der Waals surface area contributed by atoms with Gasteiger partial charge >= 0.3 is 0 Å². The van der Waals surface area contributed by atoms with E-state index in [9.17, 15) is 13.2 Å². The van der Waals surface area contributed by atoms with Gasteiger partial charge in [0.25, 0.3) is 0 Å². The molecule has 5 nitrogen and oxygen atoms in total. The summed E-state index contributed by atoms with van der Waals surface area (Å²) in [6, 6.07) is 7.85. The molecule has 0 spiro atoms. The molecule has 0 unspecified atom stereocenters. The van der Waals surface area contributed by atoms with Gasteiger partial charge in [0, 0.05) is 19.6 Å². The quantitative estimate of drug-likeness (QED) is 0.835. The number of sulfonamides is 1. The number of nitrogens with zero attached hydrogens (tertiary/aromatic N) is 2. The molecule has 1 aliphatic heterocycles. The lowest BCUT2D eigenvalue weighted by Crippen LogP contribution is -2.49. The molecule has 0 bridgehead atoms. The Bertz CT molecular complexity index is 661. The maximum Gasteiger partial charge on any atom is 0.241 e. The van der Waals surface area contributed by atoms with Gasteiger partial charge in [-0.05, 0) is 36.8 Å². The maximum absolute atomic E-state index is 12.8. The summed E-state index contributed by atoms with van der Waals surface area (Å²) in [5.41, 5.74) is 2.58. The number of carbonyl (C=O) groups is 1. The van der Waals surface area contributed by atoms with E-state index in [1.54, 1.807) is 11.9 Å². The van der Waals surface area contributed by atoms with Crippen LogP contribution in [-0.4, -0.2) is 55.5 Å². The van der Waals surface area contributed by atoms with Crippen molar-refractivity contribution in [2.45, 2.75) is 37.8 Å². The predicted molar refractivity (Wildman–Crippen MR) is 85.0 cm³/mol. The number of benzene rings is 1. The van der Waals surface area contributed by atoms with Crippen molar-refractivity contribution in [1.29, 1.82) is 0 Å². The first kappa shape index (κ1) is 15.5. The molecule has 1 aromatic carbocycles. The SMILES string of the molecule is CN(C(=O)[C@@H]1CCCN1S(C)(=O)=O)C1Cc2ccccc2C1. The average Bonchev–Trinajstić information content (AvgIpc) is 3.11. The molecule has 1 fully saturated rings. The zero-order chi connectivity index (χ0) is 15.9. The van der Waals surface area contributed by atoms with Crippen molar-refractivity contribution in [3.05, 3.63) is 35.4 Å². The molecule has 3 rings (SSSR count). The highest BCUT2D eigenvalue weighted by atomic mass is 32.2. The van der Waals surface area contributed by atoms with E-state index in [1.165, 1.54) is 21.7 Å². The monoisotopic (exact) mass is 322 g/mol. The molecule has 1 heterocycles. The average molecular weight is 322 g/mol. The summed E-state index contributed by atoms with van der Waals surface area (Å²) in [5.74, 6) is -0.0688. The van der Waals surface area contributed by atoms with E-state index < -0.39 is 16.1 Å². The zero-order valence-corrected chi connectivity index (χ0v) is 13.8. The van der Waals surface area contributed by atoms with Gasteiger partial charge in [0.05, 0.1) is 6.26 Å². The van der Waals surface area contributed by atoms with Crippen molar-refractivity contribution < 1.29 is 13.2 Å². The summed E-state index contributed by atoms with van der Waals surface area (Å²) in [6.45, 7) is 0.452. The fraction of sp³-hybridized carbons (Fsp3) is 0.562. The lowest BCUT2D eigenvalue weighted by atomic mass is 10.1. The lowest BCUT2D eigenvalue weighted by Gasteiger charge is -2.30. The lowest BCUT2D eigenvalue weighted by molar-refractivity contribution is -0.135. The Labute approximate surface area is 132 Å². The van der Waals surface area contributed by atoms with Crippen LogP contribution in [-0.2, 0) is 27.7 Å². The Hall–Kier alpha value is -1.40. The smallest absolute Gasteiger partial charge is 0.241 e. The summed E-state index contributed by atoms with van der Waals surface area (Å²) < 4.78 is 25.0. The van der Waals surface area contributed by atoms with Gasteiger partial charge in [0.2, 0.25) is 15.9 Å². The topological polar surface area (TPSA) is 57.7 Å². The first-order chi connectivity index (χ1) is 10.4. The summed E-state index contributed by atoms with van der Waals surface area (Å²) in [4.78, 5) is 14.5. The van der Waals surface area contributed by atoms with Crippen LogP contribution in [0.25, 0.3) is 0 Å². The number of fused-ring (bicyclic) bond motifs is 1. The fourth-order valence-corrected chi connectivity index (χ4v) is 4.73. The molecule has 1 saturated heterocycles. The fourth-order valence-electron chi connectivity index (χ4n) is 3.61. The third kappa shape index (κ3) is 2.77. The highest BCUT2D eigenvalue weighted by molar-refractivity contribution is 7.88. The standard InChI is InChI=1S/C16H22N2O3S/c1-17(14-10-12-6-3-4-7-13(12)11-14)16(19)15-8-5-9-18(15)22(2,20)21/h3-4,6-7,14-15H,5,8-11H2,1-2H3/t15-/m0/s1. The second-order valence-electron chi connectivity index (χ2n) is 6.31. The van der Waals surface area contributed by atoms with Crippen LogP contribution in [0.4, 0.5) is 0 Å². The minimum atomic E-state index is -3.32. The Morgan fingerprint density at radius 1 is 1.23 bits per heavy atom. The van der Waals surface area contributed by atoms with E-state index >= 15 is 0 Å². The highest BCUT2D eigenvalue weighted by Gasteiger charge is 2.40. The maximum atomic E-state index is 12.8. The Balaban J connectivity index is 1.73. The molecule has 6 heteroatoms. The molecule has 1 aliphatic carbocycles. The van der Waals surface area contributed by atoms with Gasteiger partial charge in [0.1, 0.15) is 6.04 Å². The van der Waals surface area contributed by atoms with Crippen LogP contribution >= 0.6 is 0 Å². The van der Waals surface area contributed by atoms with Gasteiger partial charge in [-0.15, -0.1) is 0 Å². The third-order valence-electron chi connectivity index (χ3n) is 4.84. The van der Waals surface area contributed by atoms with Gasteiger partial charge in [0.15, 0.2) is 0 Å². The Morgan fingerprint density at radius 3 is 2.36 bits per heavy atom. The van der Waals surface area contributed by atoms with Crippen LogP contribution in [0, 0.1) is 0 Å². The molecule has 1 aromatic rings. The van der Waals surface area contributed by atoms with Crippen molar-refractivity contribution in [3.8, 4) is 0 Å². The van der Waals surface area contributed by atoms with Gasteiger partial charge in [-0.3, -0.25) is 4.79 Å². The highest BCUT2D eigenvalue weighted by Crippen LogP contribution is 2.27. The minimum Gasteiger partial charge on any atom is -0.341 e.